The van der Waals surface area contributed by atoms with Gasteiger partial charge in [-0.2, -0.15) is 4.68 Å². The Labute approximate surface area is 192 Å². The fourth-order valence-electron chi connectivity index (χ4n) is 4.58. The molecule has 5 rings (SSSR count). The molecule has 0 spiro atoms. The van der Waals surface area contributed by atoms with E-state index in [1.807, 2.05) is 24.3 Å². The Morgan fingerprint density at radius 3 is 2.55 bits per heavy atom. The molecule has 0 radical (unpaired) electrons. The fraction of sp³-hybridized carbons (Fsp3) is 0.375. The van der Waals surface area contributed by atoms with E-state index in [1.54, 1.807) is 17.2 Å². The summed E-state index contributed by atoms with van der Waals surface area (Å²) in [6.45, 7) is 5.11. The third-order valence-corrected chi connectivity index (χ3v) is 6.43. The number of hydrogen-bond acceptors (Lipinski definition) is 7. The molecule has 9 heteroatoms. The van der Waals surface area contributed by atoms with Crippen molar-refractivity contribution < 1.29 is 14.0 Å². The summed E-state index contributed by atoms with van der Waals surface area (Å²) in [7, 11) is 0. The van der Waals surface area contributed by atoms with E-state index < -0.39 is 0 Å². The number of carbonyl (C=O) groups is 2. The summed E-state index contributed by atoms with van der Waals surface area (Å²) in [5, 5.41) is 4.24. The van der Waals surface area contributed by atoms with Crippen molar-refractivity contribution in [3.05, 3.63) is 65.7 Å². The molecule has 2 aromatic heterocycles. The number of para-hydroxylation sites is 1. The van der Waals surface area contributed by atoms with Crippen molar-refractivity contribution in [3.8, 4) is 0 Å². The average molecular weight is 449 g/mol. The molecule has 2 aliphatic rings. The van der Waals surface area contributed by atoms with Crippen molar-refractivity contribution in [2.24, 2.45) is 0 Å². The molecule has 1 fully saturated rings. The van der Waals surface area contributed by atoms with E-state index in [4.69, 9.17) is 10.2 Å². The summed E-state index contributed by atoms with van der Waals surface area (Å²) in [6.07, 6.45) is 2.44. The van der Waals surface area contributed by atoms with Crippen molar-refractivity contribution in [1.82, 2.24) is 19.6 Å². The van der Waals surface area contributed by atoms with Crippen LogP contribution in [-0.2, 0) is 13.0 Å². The summed E-state index contributed by atoms with van der Waals surface area (Å²) in [5.74, 6) is 0.524. The monoisotopic (exact) mass is 448 g/mol. The van der Waals surface area contributed by atoms with Gasteiger partial charge in [-0.25, -0.2) is 0 Å². The summed E-state index contributed by atoms with van der Waals surface area (Å²) >= 11 is 0. The van der Waals surface area contributed by atoms with Gasteiger partial charge in [-0.05, 0) is 30.7 Å². The largest absolute Gasteiger partial charge is 0.467 e. The lowest BCUT2D eigenvalue weighted by atomic mass is 10.1. The first kappa shape index (κ1) is 21.3. The molecule has 1 saturated heterocycles. The lowest BCUT2D eigenvalue weighted by molar-refractivity contribution is 0.0683. The number of hydrogen-bond donors (Lipinski definition) is 1. The van der Waals surface area contributed by atoms with Crippen LogP contribution in [0.5, 0.6) is 0 Å². The Bertz CT molecular complexity index is 1120. The number of nitrogens with two attached hydrogens (primary N) is 1. The molecule has 172 valence electrons. The van der Waals surface area contributed by atoms with Crippen molar-refractivity contribution >= 4 is 23.3 Å². The Kier molecular flexibility index (Phi) is 5.87. The van der Waals surface area contributed by atoms with Crippen LogP contribution in [0.4, 0.5) is 11.5 Å². The van der Waals surface area contributed by atoms with Crippen LogP contribution in [0, 0.1) is 0 Å². The average Bonchev–Trinajstić information content (AvgIpc) is 3.48. The van der Waals surface area contributed by atoms with Gasteiger partial charge in [0.2, 0.25) is 5.91 Å². The normalized spacial score (nSPS) is 16.8. The second kappa shape index (κ2) is 9.11. The van der Waals surface area contributed by atoms with E-state index in [-0.39, 0.29) is 24.1 Å². The molecule has 0 bridgehead atoms. The highest BCUT2D eigenvalue weighted by Crippen LogP contribution is 2.26. The molecule has 2 aliphatic heterocycles. The maximum atomic E-state index is 13.2. The first-order chi connectivity index (χ1) is 16.1. The zero-order chi connectivity index (χ0) is 22.8. The van der Waals surface area contributed by atoms with Gasteiger partial charge in [-0.15, -0.1) is 5.10 Å². The van der Waals surface area contributed by atoms with Crippen LogP contribution in [-0.4, -0.2) is 70.7 Å². The third-order valence-electron chi connectivity index (χ3n) is 6.43. The van der Waals surface area contributed by atoms with Crippen molar-refractivity contribution in [3.63, 3.8) is 0 Å². The number of furan rings is 1. The highest BCUT2D eigenvalue weighted by Gasteiger charge is 2.33. The third kappa shape index (κ3) is 4.36. The van der Waals surface area contributed by atoms with Gasteiger partial charge >= 0.3 is 0 Å². The van der Waals surface area contributed by atoms with Crippen molar-refractivity contribution in [2.45, 2.75) is 19.4 Å². The van der Waals surface area contributed by atoms with Crippen molar-refractivity contribution in [2.75, 3.05) is 49.9 Å². The van der Waals surface area contributed by atoms with Gasteiger partial charge in [0.25, 0.3) is 5.91 Å². The second-order valence-electron chi connectivity index (χ2n) is 8.49. The van der Waals surface area contributed by atoms with E-state index in [0.29, 0.717) is 43.1 Å². The standard InChI is InChI=1S/C24H28N6O3/c25-23-20-8-11-29(17-19-7-4-16-33-19)24(32)22(20)30(26-23)21(31)9-10-27-12-14-28(15-13-27)18-5-2-1-3-6-18/h1-7,16H,8-15,17H2,(H2,25,26). The number of anilines is 2. The number of benzene rings is 1. The van der Waals surface area contributed by atoms with E-state index in [1.165, 1.54) is 10.4 Å². The minimum atomic E-state index is -0.235. The first-order valence-corrected chi connectivity index (χ1v) is 11.3. The zero-order valence-electron chi connectivity index (χ0n) is 18.5. The molecule has 0 atom stereocenters. The summed E-state index contributed by atoms with van der Waals surface area (Å²) in [5.41, 5.74) is 8.25. The van der Waals surface area contributed by atoms with Gasteiger partial charge in [0.15, 0.2) is 0 Å². The van der Waals surface area contributed by atoms with E-state index >= 15 is 0 Å². The molecule has 0 aliphatic carbocycles. The molecule has 33 heavy (non-hydrogen) atoms. The van der Waals surface area contributed by atoms with Gasteiger partial charge in [-0.3, -0.25) is 14.5 Å². The zero-order valence-corrected chi connectivity index (χ0v) is 18.5. The van der Waals surface area contributed by atoms with Gasteiger partial charge in [0.05, 0.1) is 12.8 Å². The minimum Gasteiger partial charge on any atom is -0.467 e. The molecule has 9 nitrogen and oxygen atoms in total. The van der Waals surface area contributed by atoms with Gasteiger partial charge in [-0.1, -0.05) is 18.2 Å². The summed E-state index contributed by atoms with van der Waals surface area (Å²) < 4.78 is 6.60. The molecular weight excluding hydrogens is 420 g/mol. The Morgan fingerprint density at radius 1 is 1.03 bits per heavy atom. The van der Waals surface area contributed by atoms with Gasteiger partial charge in [0, 0.05) is 56.9 Å². The minimum absolute atomic E-state index is 0.207. The number of aromatic nitrogens is 2. The smallest absolute Gasteiger partial charge is 0.273 e. The van der Waals surface area contributed by atoms with Crippen LogP contribution < -0.4 is 10.6 Å². The van der Waals surface area contributed by atoms with Crippen LogP contribution in [0.25, 0.3) is 0 Å². The van der Waals surface area contributed by atoms with E-state index in [2.05, 4.69) is 27.0 Å². The maximum absolute atomic E-state index is 13.2. The molecule has 0 saturated carbocycles. The number of rotatable bonds is 6. The van der Waals surface area contributed by atoms with Crippen molar-refractivity contribution in [1.29, 1.82) is 0 Å². The lowest BCUT2D eigenvalue weighted by Gasteiger charge is -2.36. The molecule has 1 amide bonds. The number of piperazine rings is 1. The molecule has 1 aromatic carbocycles. The Morgan fingerprint density at radius 2 is 1.82 bits per heavy atom. The van der Waals surface area contributed by atoms with Crippen LogP contribution in [0.3, 0.4) is 0 Å². The van der Waals surface area contributed by atoms with E-state index in [9.17, 15) is 9.59 Å². The number of fused-ring (bicyclic) bond motifs is 1. The first-order valence-electron chi connectivity index (χ1n) is 11.3. The quantitative estimate of drug-likeness (QED) is 0.616. The highest BCUT2D eigenvalue weighted by molar-refractivity contribution is 6.00. The van der Waals surface area contributed by atoms with Crippen LogP contribution >= 0.6 is 0 Å². The molecule has 0 unspecified atom stereocenters. The Hall–Kier alpha value is -3.59. The number of nitrogens with zero attached hydrogens (tertiary/aromatic N) is 5. The fourth-order valence-corrected chi connectivity index (χ4v) is 4.58. The van der Waals surface area contributed by atoms with E-state index in [0.717, 1.165) is 26.2 Å². The number of amides is 1. The molecule has 3 aromatic rings. The second-order valence-corrected chi connectivity index (χ2v) is 8.49. The number of nitrogen functional groups attached to an aromatic ring is 1. The van der Waals surface area contributed by atoms with Gasteiger partial charge in [0.1, 0.15) is 17.3 Å². The maximum Gasteiger partial charge on any atom is 0.273 e. The summed E-state index contributed by atoms with van der Waals surface area (Å²) in [4.78, 5) is 32.5. The molecular formula is C24H28N6O3. The Balaban J connectivity index is 1.21. The lowest BCUT2D eigenvalue weighted by Crippen LogP contribution is -2.47. The highest BCUT2D eigenvalue weighted by atomic mass is 16.3. The van der Waals surface area contributed by atoms with Gasteiger partial charge < -0.3 is 20.0 Å². The van der Waals surface area contributed by atoms with Crippen LogP contribution in [0.15, 0.2) is 53.1 Å². The van der Waals surface area contributed by atoms with Crippen LogP contribution in [0.1, 0.15) is 33.0 Å². The molecule has 4 heterocycles. The number of carbonyl (C=O) groups excluding carboxylic acids is 2. The summed E-state index contributed by atoms with van der Waals surface area (Å²) in [6, 6.07) is 14.0. The SMILES string of the molecule is Nc1nn(C(=O)CCN2CCN(c3ccccc3)CC2)c2c1CCN(Cc1ccco1)C2=O. The van der Waals surface area contributed by atoms with Crippen LogP contribution in [0.2, 0.25) is 0 Å². The topological polar surface area (TPSA) is 101 Å². The predicted octanol–water partition coefficient (Wildman–Crippen LogP) is 2.11. The predicted molar refractivity (Wildman–Crippen MR) is 124 cm³/mol. The molecule has 2 N–H and O–H groups in total.